The highest BCUT2D eigenvalue weighted by Crippen LogP contribution is 2.31. The zero-order valence-electron chi connectivity index (χ0n) is 10.7. The van der Waals surface area contributed by atoms with Gasteiger partial charge in [-0.15, -0.1) is 22.7 Å². The lowest BCUT2D eigenvalue weighted by Crippen LogP contribution is -1.93. The van der Waals surface area contributed by atoms with Gasteiger partial charge in [-0.2, -0.15) is 0 Å². The summed E-state index contributed by atoms with van der Waals surface area (Å²) < 4.78 is 0. The summed E-state index contributed by atoms with van der Waals surface area (Å²) in [7, 11) is 0. The fraction of sp³-hybridized carbons (Fsp3) is 0.143. The number of aryl methyl sites for hydroxylation is 2. The van der Waals surface area contributed by atoms with Crippen molar-refractivity contribution in [3.05, 3.63) is 46.4 Å². The zero-order chi connectivity index (χ0) is 13.2. The Hall–Kier alpha value is -1.72. The van der Waals surface area contributed by atoms with Crippen LogP contribution in [0.2, 0.25) is 0 Å². The highest BCUT2D eigenvalue weighted by Gasteiger charge is 2.07. The minimum absolute atomic E-state index is 0.900. The fourth-order valence-electron chi connectivity index (χ4n) is 1.72. The molecule has 0 atom stereocenters. The van der Waals surface area contributed by atoms with Crippen LogP contribution in [0.3, 0.4) is 0 Å². The lowest BCUT2D eigenvalue weighted by molar-refractivity contribution is 1.27. The van der Waals surface area contributed by atoms with Crippen LogP contribution in [0.25, 0.3) is 10.6 Å². The van der Waals surface area contributed by atoms with Gasteiger partial charge in [0.05, 0.1) is 22.5 Å². The molecule has 0 aliphatic carbocycles. The van der Waals surface area contributed by atoms with Crippen LogP contribution in [0.4, 0.5) is 10.8 Å². The van der Waals surface area contributed by atoms with Crippen LogP contribution in [0.5, 0.6) is 0 Å². The van der Waals surface area contributed by atoms with Gasteiger partial charge in [-0.3, -0.25) is 4.98 Å². The Morgan fingerprint density at radius 3 is 2.79 bits per heavy atom. The van der Waals surface area contributed by atoms with Crippen molar-refractivity contribution in [1.82, 2.24) is 9.97 Å². The molecule has 3 heterocycles. The molecule has 0 aromatic carbocycles. The molecule has 0 bridgehead atoms. The molecule has 3 rings (SSSR count). The topological polar surface area (TPSA) is 37.8 Å². The Bertz CT molecular complexity index is 700. The van der Waals surface area contributed by atoms with Gasteiger partial charge < -0.3 is 5.32 Å². The summed E-state index contributed by atoms with van der Waals surface area (Å²) in [6.45, 7) is 4.16. The predicted octanol–water partition coefficient (Wildman–Crippen LogP) is 4.63. The van der Waals surface area contributed by atoms with Gasteiger partial charge in [0.25, 0.3) is 0 Å². The van der Waals surface area contributed by atoms with Gasteiger partial charge in [-0.1, -0.05) is 0 Å². The molecule has 1 N–H and O–H groups in total. The molecule has 3 aromatic heterocycles. The van der Waals surface area contributed by atoms with E-state index in [2.05, 4.69) is 46.0 Å². The lowest BCUT2D eigenvalue weighted by Gasteiger charge is -2.04. The summed E-state index contributed by atoms with van der Waals surface area (Å²) in [6, 6.07) is 4.15. The van der Waals surface area contributed by atoms with Crippen molar-refractivity contribution in [1.29, 1.82) is 0 Å². The highest BCUT2D eigenvalue weighted by molar-refractivity contribution is 7.16. The van der Waals surface area contributed by atoms with Crippen LogP contribution in [0, 0.1) is 13.8 Å². The van der Waals surface area contributed by atoms with Crippen LogP contribution in [-0.4, -0.2) is 9.97 Å². The summed E-state index contributed by atoms with van der Waals surface area (Å²) in [6.07, 6.45) is 3.62. The van der Waals surface area contributed by atoms with E-state index in [0.717, 1.165) is 16.5 Å². The monoisotopic (exact) mass is 287 g/mol. The predicted molar refractivity (Wildman–Crippen MR) is 82.4 cm³/mol. The molecular weight excluding hydrogens is 274 g/mol. The number of rotatable bonds is 3. The second-order valence-corrected chi connectivity index (χ2v) is 6.11. The molecule has 19 heavy (non-hydrogen) atoms. The molecule has 0 amide bonds. The first-order chi connectivity index (χ1) is 9.22. The number of nitrogens with zero attached hydrogens (tertiary/aromatic N) is 2. The number of thiophene rings is 1. The maximum atomic E-state index is 4.62. The van der Waals surface area contributed by atoms with Crippen LogP contribution in [-0.2, 0) is 0 Å². The van der Waals surface area contributed by atoms with E-state index in [-0.39, 0.29) is 0 Å². The van der Waals surface area contributed by atoms with Crippen LogP contribution >= 0.6 is 22.7 Å². The van der Waals surface area contributed by atoms with Gasteiger partial charge in [0.2, 0.25) is 0 Å². The summed E-state index contributed by atoms with van der Waals surface area (Å²) in [5.41, 5.74) is 4.49. The number of anilines is 2. The molecule has 96 valence electrons. The van der Waals surface area contributed by atoms with Crippen LogP contribution in [0.15, 0.2) is 35.3 Å². The van der Waals surface area contributed by atoms with Crippen LogP contribution in [0.1, 0.15) is 11.1 Å². The third-order valence-electron chi connectivity index (χ3n) is 2.77. The highest BCUT2D eigenvalue weighted by atomic mass is 32.1. The first-order valence-electron chi connectivity index (χ1n) is 5.91. The van der Waals surface area contributed by atoms with Crippen molar-refractivity contribution in [2.24, 2.45) is 0 Å². The normalized spacial score (nSPS) is 10.6. The Morgan fingerprint density at radius 1 is 1.16 bits per heavy atom. The van der Waals surface area contributed by atoms with E-state index in [1.807, 2.05) is 12.3 Å². The Labute approximate surface area is 120 Å². The first-order valence-corrected chi connectivity index (χ1v) is 7.67. The number of aromatic nitrogens is 2. The zero-order valence-corrected chi connectivity index (χ0v) is 12.3. The molecule has 0 saturated heterocycles. The van der Waals surface area contributed by atoms with Gasteiger partial charge in [0.1, 0.15) is 0 Å². The van der Waals surface area contributed by atoms with Gasteiger partial charge in [-0.25, -0.2) is 4.98 Å². The molecule has 0 fully saturated rings. The third kappa shape index (κ3) is 2.67. The minimum Gasteiger partial charge on any atom is -0.330 e. The number of thiazole rings is 1. The molecule has 5 heteroatoms. The summed E-state index contributed by atoms with van der Waals surface area (Å²) in [4.78, 5) is 9.96. The Morgan fingerprint density at radius 2 is 2.05 bits per heavy atom. The standard InChI is InChI=1S/C14H13N3S2/c1-9-5-13(18-7-9)12-8-19-14(17-12)16-11-6-15-4-3-10(11)2/h3-8H,1-2H3,(H,16,17). The van der Waals surface area contributed by atoms with Crippen molar-refractivity contribution in [3.63, 3.8) is 0 Å². The van der Waals surface area contributed by atoms with E-state index in [9.17, 15) is 0 Å². The van der Waals surface area contributed by atoms with Crippen molar-refractivity contribution < 1.29 is 0 Å². The van der Waals surface area contributed by atoms with E-state index in [0.29, 0.717) is 0 Å². The van der Waals surface area contributed by atoms with Gasteiger partial charge >= 0.3 is 0 Å². The molecule has 0 saturated carbocycles. The second-order valence-electron chi connectivity index (χ2n) is 4.34. The molecule has 0 aliphatic rings. The van der Waals surface area contributed by atoms with Gasteiger partial charge in [0.15, 0.2) is 5.13 Å². The average Bonchev–Trinajstić information content (AvgIpc) is 3.01. The number of hydrogen-bond donors (Lipinski definition) is 1. The molecule has 0 spiro atoms. The summed E-state index contributed by atoms with van der Waals surface area (Å²) in [5, 5.41) is 8.45. The SMILES string of the molecule is Cc1csc(-c2csc(Nc3cnccc3C)n2)c1. The third-order valence-corrected chi connectivity index (χ3v) is 4.60. The Kier molecular flexibility index (Phi) is 3.31. The fourth-order valence-corrected chi connectivity index (χ4v) is 3.38. The number of hydrogen-bond acceptors (Lipinski definition) is 5. The van der Waals surface area contributed by atoms with Crippen molar-refractivity contribution in [3.8, 4) is 10.6 Å². The largest absolute Gasteiger partial charge is 0.330 e. The molecule has 0 radical (unpaired) electrons. The van der Waals surface area contributed by atoms with E-state index in [1.165, 1.54) is 16.0 Å². The summed E-state index contributed by atoms with van der Waals surface area (Å²) >= 11 is 3.34. The maximum absolute atomic E-state index is 4.62. The number of pyridine rings is 1. The van der Waals surface area contributed by atoms with E-state index in [4.69, 9.17) is 0 Å². The molecule has 0 aliphatic heterocycles. The van der Waals surface area contributed by atoms with Crippen LogP contribution < -0.4 is 5.32 Å². The molecule has 0 unspecified atom stereocenters. The average molecular weight is 287 g/mol. The first kappa shape index (κ1) is 12.3. The van der Waals surface area contributed by atoms with E-state index < -0.39 is 0 Å². The van der Waals surface area contributed by atoms with Crippen molar-refractivity contribution in [2.45, 2.75) is 13.8 Å². The van der Waals surface area contributed by atoms with Crippen molar-refractivity contribution >= 4 is 33.5 Å². The molecular formula is C14H13N3S2. The van der Waals surface area contributed by atoms with Gasteiger partial charge in [-0.05, 0) is 42.5 Å². The molecule has 3 nitrogen and oxygen atoms in total. The smallest absolute Gasteiger partial charge is 0.187 e. The summed E-state index contributed by atoms with van der Waals surface area (Å²) in [5.74, 6) is 0. The maximum Gasteiger partial charge on any atom is 0.187 e. The minimum atomic E-state index is 0.900. The quantitative estimate of drug-likeness (QED) is 0.763. The molecule has 3 aromatic rings. The van der Waals surface area contributed by atoms with E-state index in [1.54, 1.807) is 28.9 Å². The lowest BCUT2D eigenvalue weighted by atomic mass is 10.2. The van der Waals surface area contributed by atoms with E-state index >= 15 is 0 Å². The van der Waals surface area contributed by atoms with Crippen molar-refractivity contribution in [2.75, 3.05) is 5.32 Å². The Balaban J connectivity index is 1.84. The van der Waals surface area contributed by atoms with Gasteiger partial charge in [0, 0.05) is 11.6 Å². The second kappa shape index (κ2) is 5.11. The number of nitrogens with one attached hydrogen (secondary N) is 1.